The van der Waals surface area contributed by atoms with Gasteiger partial charge in [-0.05, 0) is 63.7 Å². The largest absolute Gasteiger partial charge is 0.309 e. The molecular weight excluding hydrogens is 390 g/mol. The molecule has 0 saturated heterocycles. The fraction of sp³-hybridized carbons (Fsp3) is 0.368. The maximum absolute atomic E-state index is 14.4. The molecule has 0 heterocycles. The maximum atomic E-state index is 14.4. The summed E-state index contributed by atoms with van der Waals surface area (Å²) in [7, 11) is -0.256. The molecule has 0 saturated carbocycles. The van der Waals surface area contributed by atoms with Crippen LogP contribution in [0.5, 0.6) is 0 Å². The zero-order chi connectivity index (χ0) is 20.0. The standard InChI is InChI=1S/C19H24F2N2O2S2/c1-23(2)9-8-14(13-26-15-6-4-3-5-7-15)10-17-18(20)11-16(12-19(17)21)27(22,24)25/h3-7,11-12,14H,8-10,13H2,1-2H3,(H2,22,24,25)/t14-/m0/s1. The summed E-state index contributed by atoms with van der Waals surface area (Å²) in [5.41, 5.74) is -0.0974. The lowest BCUT2D eigenvalue weighted by molar-refractivity contribution is 0.358. The summed E-state index contributed by atoms with van der Waals surface area (Å²) in [6.07, 6.45) is 0.957. The van der Waals surface area contributed by atoms with Crippen molar-refractivity contribution in [3.05, 3.63) is 59.7 Å². The molecule has 2 N–H and O–H groups in total. The second-order valence-corrected chi connectivity index (χ2v) is 9.35. The summed E-state index contributed by atoms with van der Waals surface area (Å²) >= 11 is 1.64. The van der Waals surface area contributed by atoms with Gasteiger partial charge in [0.25, 0.3) is 0 Å². The van der Waals surface area contributed by atoms with Gasteiger partial charge >= 0.3 is 0 Å². The molecule has 2 aromatic carbocycles. The lowest BCUT2D eigenvalue weighted by Crippen LogP contribution is -2.20. The Hall–Kier alpha value is -1.48. The summed E-state index contributed by atoms with van der Waals surface area (Å²) in [6.45, 7) is 0.790. The van der Waals surface area contributed by atoms with E-state index < -0.39 is 26.6 Å². The van der Waals surface area contributed by atoms with E-state index >= 15 is 0 Å². The van der Waals surface area contributed by atoms with Crippen molar-refractivity contribution < 1.29 is 17.2 Å². The van der Waals surface area contributed by atoms with E-state index in [1.165, 1.54) is 0 Å². The Morgan fingerprint density at radius 1 is 1.11 bits per heavy atom. The van der Waals surface area contributed by atoms with Crippen LogP contribution in [0.3, 0.4) is 0 Å². The molecule has 148 valence electrons. The van der Waals surface area contributed by atoms with Gasteiger partial charge in [-0.2, -0.15) is 0 Å². The zero-order valence-electron chi connectivity index (χ0n) is 15.4. The van der Waals surface area contributed by atoms with Crippen molar-refractivity contribution in [1.29, 1.82) is 0 Å². The fourth-order valence-corrected chi connectivity index (χ4v) is 4.24. The minimum atomic E-state index is -4.15. The van der Waals surface area contributed by atoms with Gasteiger partial charge in [-0.15, -0.1) is 11.8 Å². The minimum Gasteiger partial charge on any atom is -0.309 e. The molecule has 0 radical (unpaired) electrons. The smallest absolute Gasteiger partial charge is 0.238 e. The van der Waals surface area contributed by atoms with Gasteiger partial charge in [-0.1, -0.05) is 18.2 Å². The first-order valence-electron chi connectivity index (χ1n) is 8.50. The number of hydrogen-bond acceptors (Lipinski definition) is 4. The van der Waals surface area contributed by atoms with Crippen LogP contribution in [0, 0.1) is 17.6 Å². The van der Waals surface area contributed by atoms with Crippen LogP contribution >= 0.6 is 11.8 Å². The first-order chi connectivity index (χ1) is 12.7. The van der Waals surface area contributed by atoms with E-state index in [0.29, 0.717) is 5.75 Å². The Kier molecular flexibility index (Phi) is 7.79. The van der Waals surface area contributed by atoms with Gasteiger partial charge in [0.05, 0.1) is 4.90 Å². The molecule has 0 spiro atoms. The van der Waals surface area contributed by atoms with E-state index in [2.05, 4.69) is 0 Å². The van der Waals surface area contributed by atoms with E-state index in [0.717, 1.165) is 30.0 Å². The highest BCUT2D eigenvalue weighted by atomic mass is 32.2. The van der Waals surface area contributed by atoms with Crippen LogP contribution in [0.1, 0.15) is 12.0 Å². The molecule has 0 aliphatic rings. The van der Waals surface area contributed by atoms with Crippen molar-refractivity contribution in [3.63, 3.8) is 0 Å². The summed E-state index contributed by atoms with van der Waals surface area (Å²) < 4.78 is 51.5. The number of rotatable bonds is 9. The number of thioether (sulfide) groups is 1. The maximum Gasteiger partial charge on any atom is 0.238 e. The van der Waals surface area contributed by atoms with Crippen LogP contribution in [0.25, 0.3) is 0 Å². The fourth-order valence-electron chi connectivity index (χ4n) is 2.64. The summed E-state index contributed by atoms with van der Waals surface area (Å²) in [5, 5.41) is 4.97. The predicted molar refractivity (Wildman–Crippen MR) is 105 cm³/mol. The van der Waals surface area contributed by atoms with Crippen LogP contribution in [0.4, 0.5) is 8.78 Å². The molecule has 2 rings (SSSR count). The number of primary sulfonamides is 1. The van der Waals surface area contributed by atoms with Crippen molar-refractivity contribution in [2.24, 2.45) is 11.1 Å². The highest BCUT2D eigenvalue weighted by Gasteiger charge is 2.20. The van der Waals surface area contributed by atoms with E-state index in [1.807, 2.05) is 49.3 Å². The lowest BCUT2D eigenvalue weighted by atomic mass is 9.97. The van der Waals surface area contributed by atoms with Crippen molar-refractivity contribution in [2.75, 3.05) is 26.4 Å². The Morgan fingerprint density at radius 2 is 1.70 bits per heavy atom. The first kappa shape index (κ1) is 21.8. The molecule has 0 fully saturated rings. The monoisotopic (exact) mass is 414 g/mol. The van der Waals surface area contributed by atoms with E-state index in [4.69, 9.17) is 5.14 Å². The number of sulfonamides is 1. The highest BCUT2D eigenvalue weighted by molar-refractivity contribution is 7.99. The van der Waals surface area contributed by atoms with Crippen LogP contribution in [-0.2, 0) is 16.4 Å². The Morgan fingerprint density at radius 3 is 2.22 bits per heavy atom. The van der Waals surface area contributed by atoms with E-state index in [1.54, 1.807) is 11.8 Å². The average molecular weight is 415 g/mol. The molecule has 27 heavy (non-hydrogen) atoms. The van der Waals surface area contributed by atoms with Crippen molar-refractivity contribution in [3.8, 4) is 0 Å². The van der Waals surface area contributed by atoms with E-state index in [9.17, 15) is 17.2 Å². The third-order valence-electron chi connectivity index (χ3n) is 4.15. The van der Waals surface area contributed by atoms with Gasteiger partial charge in [0.2, 0.25) is 10.0 Å². The number of nitrogens with two attached hydrogens (primary N) is 1. The Bertz CT molecular complexity index is 836. The van der Waals surface area contributed by atoms with Crippen LogP contribution in [0.2, 0.25) is 0 Å². The van der Waals surface area contributed by atoms with Gasteiger partial charge < -0.3 is 4.90 Å². The topological polar surface area (TPSA) is 63.4 Å². The molecular formula is C19H24F2N2O2S2. The summed E-state index contributed by atoms with van der Waals surface area (Å²) in [6, 6.07) is 11.4. The molecule has 0 aliphatic carbocycles. The SMILES string of the molecule is CN(C)CC[C@H](CSc1ccccc1)Cc1c(F)cc(S(N)(=O)=O)cc1F. The molecule has 2 aromatic rings. The Labute approximate surface area is 163 Å². The number of benzene rings is 2. The quantitative estimate of drug-likeness (QED) is 0.638. The summed E-state index contributed by atoms with van der Waals surface area (Å²) in [4.78, 5) is 2.57. The number of nitrogens with zero attached hydrogens (tertiary/aromatic N) is 1. The molecule has 0 unspecified atom stereocenters. The predicted octanol–water partition coefficient (Wildman–Crippen LogP) is 3.51. The lowest BCUT2D eigenvalue weighted by Gasteiger charge is -2.20. The molecule has 4 nitrogen and oxygen atoms in total. The Balaban J connectivity index is 2.18. The number of hydrogen-bond donors (Lipinski definition) is 1. The zero-order valence-corrected chi connectivity index (χ0v) is 17.0. The van der Waals surface area contributed by atoms with Gasteiger partial charge in [-0.25, -0.2) is 22.3 Å². The third kappa shape index (κ3) is 6.88. The van der Waals surface area contributed by atoms with E-state index in [-0.39, 0.29) is 17.9 Å². The van der Waals surface area contributed by atoms with Gasteiger partial charge in [0.15, 0.2) is 0 Å². The molecule has 8 heteroatoms. The van der Waals surface area contributed by atoms with Gasteiger partial charge in [0.1, 0.15) is 11.6 Å². The number of halogens is 2. The second kappa shape index (κ2) is 9.64. The minimum absolute atomic E-state index is 0.0296. The molecule has 1 atom stereocenters. The molecule has 0 aromatic heterocycles. The average Bonchev–Trinajstić information content (AvgIpc) is 2.59. The molecule has 0 bridgehead atoms. The van der Waals surface area contributed by atoms with Gasteiger partial charge in [0, 0.05) is 16.2 Å². The highest BCUT2D eigenvalue weighted by Crippen LogP contribution is 2.27. The van der Waals surface area contributed by atoms with Crippen molar-refractivity contribution in [2.45, 2.75) is 22.6 Å². The van der Waals surface area contributed by atoms with Crippen LogP contribution in [0.15, 0.2) is 52.3 Å². The first-order valence-corrected chi connectivity index (χ1v) is 11.0. The molecule has 0 amide bonds. The summed E-state index contributed by atoms with van der Waals surface area (Å²) in [5.74, 6) is -1.02. The van der Waals surface area contributed by atoms with Crippen molar-refractivity contribution >= 4 is 21.8 Å². The van der Waals surface area contributed by atoms with Gasteiger partial charge in [-0.3, -0.25) is 0 Å². The van der Waals surface area contributed by atoms with Crippen LogP contribution < -0.4 is 5.14 Å². The van der Waals surface area contributed by atoms with Crippen molar-refractivity contribution in [1.82, 2.24) is 4.90 Å². The van der Waals surface area contributed by atoms with Crippen LogP contribution in [-0.4, -0.2) is 39.7 Å². The third-order valence-corrected chi connectivity index (χ3v) is 6.29. The second-order valence-electron chi connectivity index (χ2n) is 6.70. The normalized spacial score (nSPS) is 13.1. The molecule has 0 aliphatic heterocycles.